The summed E-state index contributed by atoms with van der Waals surface area (Å²) in [6.07, 6.45) is -3.01. The molecule has 1 aromatic carbocycles. The number of aliphatic imine (C=N–C) groups is 1. The molecule has 9 heteroatoms. The van der Waals surface area contributed by atoms with Crippen molar-refractivity contribution >= 4 is 5.96 Å². The van der Waals surface area contributed by atoms with Gasteiger partial charge in [-0.1, -0.05) is 12.1 Å². The summed E-state index contributed by atoms with van der Waals surface area (Å²) < 4.78 is 49.3. The quantitative estimate of drug-likeness (QED) is 0.361. The van der Waals surface area contributed by atoms with Crippen LogP contribution in [0.1, 0.15) is 25.2 Å². The average molecular weight is 399 g/mol. The fraction of sp³-hybridized carbons (Fsp3) is 0.421. The predicted molar refractivity (Wildman–Crippen MR) is 99.2 cm³/mol. The maximum atomic E-state index is 13.0. The standard InChI is InChI=1S/C19H24F3N3O3/c1-3-23-17(25-13-18(2,26)16-9-6-11-28-16)24-10-12-27-15-8-5-4-7-14(15)19(20,21)22/h4-9,11,26H,3,10,12-13H2,1-2H3,(H2,23,24,25). The van der Waals surface area contributed by atoms with Crippen molar-refractivity contribution in [3.63, 3.8) is 0 Å². The van der Waals surface area contributed by atoms with Crippen molar-refractivity contribution in [1.29, 1.82) is 0 Å². The third kappa shape index (κ3) is 6.19. The summed E-state index contributed by atoms with van der Waals surface area (Å²) >= 11 is 0. The van der Waals surface area contributed by atoms with Crippen molar-refractivity contribution in [2.24, 2.45) is 4.99 Å². The van der Waals surface area contributed by atoms with Gasteiger partial charge in [0.2, 0.25) is 0 Å². The highest BCUT2D eigenvalue weighted by Crippen LogP contribution is 2.35. The minimum absolute atomic E-state index is 0.00604. The van der Waals surface area contributed by atoms with Gasteiger partial charge < -0.3 is 24.9 Å². The molecule has 0 aliphatic rings. The Morgan fingerprint density at radius 1 is 1.18 bits per heavy atom. The van der Waals surface area contributed by atoms with Gasteiger partial charge in [-0.3, -0.25) is 0 Å². The smallest absolute Gasteiger partial charge is 0.419 e. The number of nitrogens with one attached hydrogen (secondary N) is 2. The Morgan fingerprint density at radius 2 is 1.93 bits per heavy atom. The topological polar surface area (TPSA) is 79.0 Å². The van der Waals surface area contributed by atoms with Gasteiger partial charge in [0.15, 0.2) is 5.96 Å². The van der Waals surface area contributed by atoms with Crippen molar-refractivity contribution in [1.82, 2.24) is 10.6 Å². The van der Waals surface area contributed by atoms with Gasteiger partial charge in [0.25, 0.3) is 0 Å². The number of nitrogens with zero attached hydrogens (tertiary/aromatic N) is 1. The fourth-order valence-electron chi connectivity index (χ4n) is 2.39. The molecule has 0 spiro atoms. The second-order valence-corrected chi connectivity index (χ2v) is 6.22. The second-order valence-electron chi connectivity index (χ2n) is 6.22. The average Bonchev–Trinajstić information content (AvgIpc) is 3.18. The largest absolute Gasteiger partial charge is 0.491 e. The molecule has 0 bridgehead atoms. The van der Waals surface area contributed by atoms with Gasteiger partial charge in [-0.2, -0.15) is 13.2 Å². The van der Waals surface area contributed by atoms with Crippen molar-refractivity contribution < 1.29 is 27.4 Å². The van der Waals surface area contributed by atoms with Crippen LogP contribution < -0.4 is 15.4 Å². The first-order chi connectivity index (χ1) is 13.2. The van der Waals surface area contributed by atoms with E-state index in [0.717, 1.165) is 6.07 Å². The molecule has 0 aliphatic carbocycles. The van der Waals surface area contributed by atoms with Crippen LogP contribution in [0.2, 0.25) is 0 Å². The normalized spacial score (nSPS) is 14.4. The number of aliphatic hydroxyl groups is 1. The van der Waals surface area contributed by atoms with Gasteiger partial charge in [0.1, 0.15) is 23.7 Å². The van der Waals surface area contributed by atoms with E-state index < -0.39 is 17.3 Å². The molecule has 3 N–H and O–H groups in total. The lowest BCUT2D eigenvalue weighted by atomic mass is 10.0. The minimum atomic E-state index is -4.47. The third-order valence-corrected chi connectivity index (χ3v) is 3.79. The summed E-state index contributed by atoms with van der Waals surface area (Å²) in [5, 5.41) is 16.4. The van der Waals surface area contributed by atoms with Crippen LogP contribution in [-0.4, -0.2) is 37.3 Å². The van der Waals surface area contributed by atoms with Crippen molar-refractivity contribution in [3.8, 4) is 5.75 Å². The van der Waals surface area contributed by atoms with Crippen LogP contribution in [0.5, 0.6) is 5.75 Å². The molecule has 0 amide bonds. The van der Waals surface area contributed by atoms with Gasteiger partial charge >= 0.3 is 6.18 Å². The molecule has 28 heavy (non-hydrogen) atoms. The van der Waals surface area contributed by atoms with Crippen LogP contribution >= 0.6 is 0 Å². The Kier molecular flexibility index (Phi) is 7.33. The van der Waals surface area contributed by atoms with Crippen LogP contribution in [0, 0.1) is 0 Å². The van der Waals surface area contributed by atoms with Gasteiger partial charge in [-0.15, -0.1) is 0 Å². The number of benzene rings is 1. The maximum absolute atomic E-state index is 13.0. The highest BCUT2D eigenvalue weighted by atomic mass is 19.4. The van der Waals surface area contributed by atoms with Crippen molar-refractivity contribution in [2.75, 3.05) is 26.2 Å². The van der Waals surface area contributed by atoms with Crippen LogP contribution in [0.15, 0.2) is 52.1 Å². The van der Waals surface area contributed by atoms with E-state index in [0.29, 0.717) is 18.3 Å². The van der Waals surface area contributed by atoms with E-state index >= 15 is 0 Å². The van der Waals surface area contributed by atoms with Crippen LogP contribution in [-0.2, 0) is 11.8 Å². The van der Waals surface area contributed by atoms with E-state index in [-0.39, 0.29) is 25.4 Å². The van der Waals surface area contributed by atoms with Gasteiger partial charge in [0, 0.05) is 6.54 Å². The number of para-hydroxylation sites is 1. The molecular formula is C19H24F3N3O3. The number of guanidine groups is 1. The maximum Gasteiger partial charge on any atom is 0.419 e. The van der Waals surface area contributed by atoms with Crippen LogP contribution in [0.3, 0.4) is 0 Å². The first-order valence-electron chi connectivity index (χ1n) is 8.81. The molecule has 2 rings (SSSR count). The molecule has 0 saturated heterocycles. The molecule has 0 fully saturated rings. The first-order valence-corrected chi connectivity index (χ1v) is 8.81. The monoisotopic (exact) mass is 399 g/mol. The third-order valence-electron chi connectivity index (χ3n) is 3.79. The van der Waals surface area contributed by atoms with E-state index in [1.165, 1.54) is 24.5 Å². The number of hydrogen-bond acceptors (Lipinski definition) is 4. The number of halogens is 3. The molecule has 0 radical (unpaired) electrons. The Labute approximate surface area is 161 Å². The molecule has 0 saturated carbocycles. The number of furan rings is 1. The van der Waals surface area contributed by atoms with Crippen LogP contribution in [0.25, 0.3) is 0 Å². The first kappa shape index (κ1) is 21.6. The Balaban J connectivity index is 1.90. The zero-order chi connectivity index (χ0) is 20.6. The molecular weight excluding hydrogens is 375 g/mol. The van der Waals surface area contributed by atoms with E-state index in [2.05, 4.69) is 15.6 Å². The summed E-state index contributed by atoms with van der Waals surface area (Å²) in [6.45, 7) is 4.29. The van der Waals surface area contributed by atoms with Crippen LogP contribution in [0.4, 0.5) is 13.2 Å². The molecule has 154 valence electrons. The molecule has 0 aliphatic heterocycles. The van der Waals surface area contributed by atoms with Gasteiger partial charge in [-0.25, -0.2) is 4.99 Å². The summed E-state index contributed by atoms with van der Waals surface area (Å²) in [5.74, 6) is 0.570. The number of rotatable bonds is 8. The number of alkyl halides is 3. The summed E-state index contributed by atoms with van der Waals surface area (Å²) in [6, 6.07) is 8.39. The molecule has 1 heterocycles. The summed E-state index contributed by atoms with van der Waals surface area (Å²) in [5.41, 5.74) is -2.10. The number of ether oxygens (including phenoxy) is 1. The highest BCUT2D eigenvalue weighted by Gasteiger charge is 2.34. The van der Waals surface area contributed by atoms with E-state index in [1.807, 2.05) is 6.92 Å². The Bertz CT molecular complexity index is 759. The van der Waals surface area contributed by atoms with E-state index in [1.54, 1.807) is 19.1 Å². The molecule has 1 atom stereocenters. The molecule has 6 nitrogen and oxygen atoms in total. The fourth-order valence-corrected chi connectivity index (χ4v) is 2.39. The van der Waals surface area contributed by atoms with E-state index in [4.69, 9.17) is 9.15 Å². The predicted octanol–water partition coefficient (Wildman–Crippen LogP) is 3.14. The lowest BCUT2D eigenvalue weighted by Gasteiger charge is -2.19. The zero-order valence-electron chi connectivity index (χ0n) is 15.7. The second kappa shape index (κ2) is 9.50. The SMILES string of the molecule is CCNC(=NCC(C)(O)c1ccco1)NCCOc1ccccc1C(F)(F)F. The summed E-state index contributed by atoms with van der Waals surface area (Å²) in [4.78, 5) is 4.29. The minimum Gasteiger partial charge on any atom is -0.491 e. The van der Waals surface area contributed by atoms with E-state index in [9.17, 15) is 18.3 Å². The lowest BCUT2D eigenvalue weighted by Crippen LogP contribution is -2.40. The Hall–Kier alpha value is -2.68. The molecule has 2 aromatic rings. The molecule has 1 aromatic heterocycles. The Morgan fingerprint density at radius 3 is 2.57 bits per heavy atom. The van der Waals surface area contributed by atoms with Crippen molar-refractivity contribution in [3.05, 3.63) is 54.0 Å². The number of hydrogen-bond donors (Lipinski definition) is 3. The molecule has 1 unspecified atom stereocenters. The summed E-state index contributed by atoms with van der Waals surface area (Å²) in [7, 11) is 0. The van der Waals surface area contributed by atoms with Gasteiger partial charge in [0.05, 0.1) is 24.9 Å². The van der Waals surface area contributed by atoms with Gasteiger partial charge in [-0.05, 0) is 38.1 Å². The van der Waals surface area contributed by atoms with Crippen molar-refractivity contribution in [2.45, 2.75) is 25.6 Å². The highest BCUT2D eigenvalue weighted by molar-refractivity contribution is 5.79. The zero-order valence-corrected chi connectivity index (χ0v) is 15.7. The lowest BCUT2D eigenvalue weighted by molar-refractivity contribution is -0.138.